The van der Waals surface area contributed by atoms with Crippen LogP contribution in [0, 0.1) is 6.92 Å². The van der Waals surface area contributed by atoms with Crippen molar-refractivity contribution in [3.05, 3.63) is 29.9 Å². The lowest BCUT2D eigenvalue weighted by Gasteiger charge is -1.96. The molecule has 4 nitrogen and oxygen atoms in total. The summed E-state index contributed by atoms with van der Waals surface area (Å²) in [5.74, 6) is -1.48. The summed E-state index contributed by atoms with van der Waals surface area (Å²) in [4.78, 5) is 7.08. The molecular weight excluding hydrogens is 223 g/mol. The molecular formula is C9H6F3N3O. The van der Waals surface area contributed by atoms with E-state index >= 15 is 0 Å². The third kappa shape index (κ3) is 2.02. The lowest BCUT2D eigenvalue weighted by Crippen LogP contribution is -2.04. The van der Waals surface area contributed by atoms with E-state index in [-0.39, 0.29) is 5.82 Å². The highest BCUT2D eigenvalue weighted by atomic mass is 19.4. The van der Waals surface area contributed by atoms with Gasteiger partial charge in [-0.2, -0.15) is 18.2 Å². The van der Waals surface area contributed by atoms with Crippen molar-refractivity contribution in [2.24, 2.45) is 0 Å². The number of alkyl halides is 3. The van der Waals surface area contributed by atoms with Crippen LogP contribution in [0.4, 0.5) is 13.2 Å². The van der Waals surface area contributed by atoms with Gasteiger partial charge >= 0.3 is 12.1 Å². The number of nitrogens with zero attached hydrogens (tertiary/aromatic N) is 3. The molecule has 7 heteroatoms. The first-order valence-corrected chi connectivity index (χ1v) is 4.30. The fourth-order valence-corrected chi connectivity index (χ4v) is 1.13. The Balaban J connectivity index is 2.39. The number of aryl methyl sites for hydroxylation is 1. The van der Waals surface area contributed by atoms with Crippen LogP contribution in [-0.2, 0) is 6.18 Å². The molecule has 0 radical (unpaired) electrons. The number of rotatable bonds is 1. The van der Waals surface area contributed by atoms with E-state index in [0.29, 0.717) is 5.56 Å². The minimum atomic E-state index is -4.62. The van der Waals surface area contributed by atoms with Crippen molar-refractivity contribution < 1.29 is 17.7 Å². The minimum Gasteiger partial charge on any atom is -0.329 e. The molecule has 0 spiro atoms. The predicted molar refractivity (Wildman–Crippen MR) is 47.3 cm³/mol. The van der Waals surface area contributed by atoms with Crippen molar-refractivity contribution in [1.82, 2.24) is 15.1 Å². The first kappa shape index (κ1) is 10.6. The Hall–Kier alpha value is -1.92. The zero-order chi connectivity index (χ0) is 11.8. The molecule has 0 atom stereocenters. The molecule has 2 heterocycles. The zero-order valence-corrected chi connectivity index (χ0v) is 8.12. The van der Waals surface area contributed by atoms with Gasteiger partial charge in [0.15, 0.2) is 0 Å². The summed E-state index contributed by atoms with van der Waals surface area (Å²) >= 11 is 0. The number of hydrogen-bond donors (Lipinski definition) is 0. The van der Waals surface area contributed by atoms with Gasteiger partial charge in [-0.05, 0) is 18.6 Å². The van der Waals surface area contributed by atoms with Crippen LogP contribution in [0.25, 0.3) is 11.4 Å². The normalized spacial score (nSPS) is 11.8. The molecule has 2 aromatic rings. The van der Waals surface area contributed by atoms with Crippen LogP contribution in [-0.4, -0.2) is 15.1 Å². The average Bonchev–Trinajstić information content (AvgIpc) is 2.65. The van der Waals surface area contributed by atoms with E-state index in [9.17, 15) is 13.2 Å². The van der Waals surface area contributed by atoms with Crippen molar-refractivity contribution in [1.29, 1.82) is 0 Å². The van der Waals surface area contributed by atoms with Crippen LogP contribution in [0.5, 0.6) is 0 Å². The summed E-state index contributed by atoms with van der Waals surface area (Å²) in [6.07, 6.45) is -1.67. The van der Waals surface area contributed by atoms with E-state index in [1.165, 1.54) is 6.20 Å². The van der Waals surface area contributed by atoms with Crippen LogP contribution in [0.1, 0.15) is 11.5 Å². The van der Waals surface area contributed by atoms with Gasteiger partial charge in [-0.1, -0.05) is 5.16 Å². The molecule has 0 N–H and O–H groups in total. The van der Waals surface area contributed by atoms with Gasteiger partial charge in [-0.25, -0.2) is 0 Å². The molecule has 84 valence electrons. The molecule has 0 aliphatic heterocycles. The van der Waals surface area contributed by atoms with Crippen molar-refractivity contribution in [3.63, 3.8) is 0 Å². The van der Waals surface area contributed by atoms with Crippen LogP contribution in [0.3, 0.4) is 0 Å². The quantitative estimate of drug-likeness (QED) is 0.753. The second-order valence-corrected chi connectivity index (χ2v) is 3.17. The second kappa shape index (κ2) is 3.58. The van der Waals surface area contributed by atoms with Gasteiger partial charge in [0.05, 0.1) is 0 Å². The molecule has 2 aromatic heterocycles. The van der Waals surface area contributed by atoms with Gasteiger partial charge < -0.3 is 4.52 Å². The third-order valence-corrected chi connectivity index (χ3v) is 1.80. The van der Waals surface area contributed by atoms with Crippen LogP contribution in [0.2, 0.25) is 0 Å². The molecule has 0 amide bonds. The Morgan fingerprint density at radius 1 is 1.25 bits per heavy atom. The third-order valence-electron chi connectivity index (χ3n) is 1.80. The van der Waals surface area contributed by atoms with Gasteiger partial charge in [0.1, 0.15) is 0 Å². The molecule has 0 unspecified atom stereocenters. The fraction of sp³-hybridized carbons (Fsp3) is 0.222. The van der Waals surface area contributed by atoms with Crippen molar-refractivity contribution in [2.75, 3.05) is 0 Å². The molecule has 16 heavy (non-hydrogen) atoms. The van der Waals surface area contributed by atoms with Crippen LogP contribution >= 0.6 is 0 Å². The summed E-state index contributed by atoms with van der Waals surface area (Å²) in [5.41, 5.74) is 1.19. The Morgan fingerprint density at radius 3 is 2.56 bits per heavy atom. The summed E-state index contributed by atoms with van der Waals surface area (Å²) in [5, 5.41) is 3.25. The lowest BCUT2D eigenvalue weighted by molar-refractivity contribution is -0.159. The molecule has 0 aliphatic carbocycles. The van der Waals surface area contributed by atoms with Crippen LogP contribution < -0.4 is 0 Å². The Morgan fingerprint density at radius 2 is 2.00 bits per heavy atom. The minimum absolute atomic E-state index is 0.122. The van der Waals surface area contributed by atoms with E-state index in [1.54, 1.807) is 19.2 Å². The van der Waals surface area contributed by atoms with Gasteiger partial charge in [-0.15, -0.1) is 0 Å². The number of pyridine rings is 1. The van der Waals surface area contributed by atoms with E-state index in [4.69, 9.17) is 0 Å². The summed E-state index contributed by atoms with van der Waals surface area (Å²) < 4.78 is 40.7. The second-order valence-electron chi connectivity index (χ2n) is 3.17. The Bertz CT molecular complexity index is 507. The van der Waals surface area contributed by atoms with E-state index in [2.05, 4.69) is 19.6 Å². The van der Waals surface area contributed by atoms with Gasteiger partial charge in [0.2, 0.25) is 5.82 Å². The highest BCUT2D eigenvalue weighted by Gasteiger charge is 2.38. The summed E-state index contributed by atoms with van der Waals surface area (Å²) in [6.45, 7) is 1.77. The van der Waals surface area contributed by atoms with Crippen molar-refractivity contribution >= 4 is 0 Å². The maximum atomic E-state index is 12.2. The first-order valence-electron chi connectivity index (χ1n) is 4.30. The van der Waals surface area contributed by atoms with Crippen molar-refractivity contribution in [2.45, 2.75) is 13.1 Å². The zero-order valence-electron chi connectivity index (χ0n) is 8.12. The Labute approximate surface area is 88.1 Å². The molecule has 0 saturated heterocycles. The first-order chi connectivity index (χ1) is 7.47. The highest BCUT2D eigenvalue weighted by molar-refractivity contribution is 5.53. The van der Waals surface area contributed by atoms with Gasteiger partial charge in [-0.3, -0.25) is 4.98 Å². The molecule has 0 saturated carbocycles. The Kier molecular flexibility index (Phi) is 2.37. The van der Waals surface area contributed by atoms with Gasteiger partial charge in [0.25, 0.3) is 0 Å². The maximum Gasteiger partial charge on any atom is 0.471 e. The predicted octanol–water partition coefficient (Wildman–Crippen LogP) is 2.46. The molecule has 0 fully saturated rings. The topological polar surface area (TPSA) is 51.8 Å². The van der Waals surface area contributed by atoms with E-state index in [0.717, 1.165) is 5.56 Å². The lowest BCUT2D eigenvalue weighted by atomic mass is 10.2. The summed E-state index contributed by atoms with van der Waals surface area (Å²) in [7, 11) is 0. The molecule has 0 aliphatic rings. The van der Waals surface area contributed by atoms with E-state index in [1.807, 2.05) is 0 Å². The fourth-order valence-electron chi connectivity index (χ4n) is 1.13. The molecule has 2 rings (SSSR count). The van der Waals surface area contributed by atoms with E-state index < -0.39 is 12.1 Å². The standard InChI is InChI=1S/C9H6F3N3O/c1-5-2-6(4-13-3-5)7-14-8(16-15-7)9(10,11)12/h2-4H,1H3. The number of hydrogen-bond acceptors (Lipinski definition) is 4. The number of aromatic nitrogens is 3. The monoisotopic (exact) mass is 229 g/mol. The highest BCUT2D eigenvalue weighted by Crippen LogP contribution is 2.29. The molecule has 0 aromatic carbocycles. The smallest absolute Gasteiger partial charge is 0.329 e. The maximum absolute atomic E-state index is 12.2. The largest absolute Gasteiger partial charge is 0.471 e. The molecule has 0 bridgehead atoms. The van der Waals surface area contributed by atoms with Gasteiger partial charge in [0, 0.05) is 18.0 Å². The summed E-state index contributed by atoms with van der Waals surface area (Å²) in [6, 6.07) is 1.62. The van der Waals surface area contributed by atoms with Crippen LogP contribution in [0.15, 0.2) is 23.0 Å². The number of halogens is 3. The average molecular weight is 229 g/mol. The van der Waals surface area contributed by atoms with Crippen molar-refractivity contribution in [3.8, 4) is 11.4 Å². The SMILES string of the molecule is Cc1cncc(-c2noc(C(F)(F)F)n2)c1.